The number of rotatable bonds is 8. The first-order chi connectivity index (χ1) is 14.7. The van der Waals surface area contributed by atoms with E-state index in [0.29, 0.717) is 24.5 Å². The maximum atomic E-state index is 12.5. The van der Waals surface area contributed by atoms with Crippen LogP contribution >= 0.6 is 0 Å². The van der Waals surface area contributed by atoms with Gasteiger partial charge in [-0.2, -0.15) is 0 Å². The van der Waals surface area contributed by atoms with E-state index < -0.39 is 0 Å². The highest BCUT2D eigenvalue weighted by Gasteiger charge is 2.33. The van der Waals surface area contributed by atoms with E-state index in [2.05, 4.69) is 4.98 Å². The van der Waals surface area contributed by atoms with Gasteiger partial charge >= 0.3 is 0 Å². The highest BCUT2D eigenvalue weighted by molar-refractivity contribution is 5.80. The standard InChI is InChI=1S/C23H31N5O3/c1-16(2)28-13-17(11-22(28)29)19-12-21(26(3)4)25-20(24-19)14-27(5)23(30)15-31-18-9-7-6-8-10-18/h6-10,12,16-17H,11,13-15H2,1-5H3/t17-/m1/s1. The van der Waals surface area contributed by atoms with Crippen molar-refractivity contribution in [2.45, 2.75) is 38.8 Å². The number of benzene rings is 1. The van der Waals surface area contributed by atoms with Crippen molar-refractivity contribution in [1.82, 2.24) is 19.8 Å². The van der Waals surface area contributed by atoms with Crippen LogP contribution in [0.1, 0.15) is 37.7 Å². The number of nitrogens with zero attached hydrogens (tertiary/aromatic N) is 5. The molecule has 1 fully saturated rings. The highest BCUT2D eigenvalue weighted by Crippen LogP contribution is 2.29. The first-order valence-corrected chi connectivity index (χ1v) is 10.5. The number of hydrogen-bond acceptors (Lipinski definition) is 6. The molecule has 1 aromatic heterocycles. The lowest BCUT2D eigenvalue weighted by atomic mass is 10.0. The summed E-state index contributed by atoms with van der Waals surface area (Å²) in [5, 5.41) is 0. The average Bonchev–Trinajstić information content (AvgIpc) is 3.14. The van der Waals surface area contributed by atoms with E-state index in [1.807, 2.05) is 74.1 Å². The fourth-order valence-corrected chi connectivity index (χ4v) is 3.51. The summed E-state index contributed by atoms with van der Waals surface area (Å²) in [6, 6.07) is 11.3. The first kappa shape index (κ1) is 22.5. The molecule has 0 N–H and O–H groups in total. The molecule has 2 amide bonds. The van der Waals surface area contributed by atoms with E-state index in [-0.39, 0.29) is 36.9 Å². The molecule has 0 bridgehead atoms. The number of para-hydroxylation sites is 1. The minimum atomic E-state index is -0.161. The monoisotopic (exact) mass is 425 g/mol. The Kier molecular flexibility index (Phi) is 7.09. The zero-order valence-electron chi connectivity index (χ0n) is 18.9. The van der Waals surface area contributed by atoms with Gasteiger partial charge in [0.25, 0.3) is 5.91 Å². The van der Waals surface area contributed by atoms with E-state index in [1.54, 1.807) is 11.9 Å². The Morgan fingerprint density at radius 1 is 1.19 bits per heavy atom. The van der Waals surface area contributed by atoms with E-state index >= 15 is 0 Å². The maximum absolute atomic E-state index is 12.5. The molecule has 1 aliphatic heterocycles. The van der Waals surface area contributed by atoms with Crippen LogP contribution in [0.15, 0.2) is 36.4 Å². The third-order valence-corrected chi connectivity index (χ3v) is 5.35. The molecule has 0 unspecified atom stereocenters. The van der Waals surface area contributed by atoms with Crippen LogP contribution in [0.25, 0.3) is 0 Å². The summed E-state index contributed by atoms with van der Waals surface area (Å²) in [6.07, 6.45) is 0.446. The average molecular weight is 426 g/mol. The minimum Gasteiger partial charge on any atom is -0.484 e. The number of anilines is 1. The predicted molar refractivity (Wildman–Crippen MR) is 119 cm³/mol. The molecule has 2 aromatic rings. The van der Waals surface area contributed by atoms with Crippen LogP contribution in [-0.4, -0.2) is 71.9 Å². The molecule has 1 aromatic carbocycles. The molecule has 0 spiro atoms. The second-order valence-electron chi connectivity index (χ2n) is 8.35. The van der Waals surface area contributed by atoms with Gasteiger partial charge in [-0.05, 0) is 26.0 Å². The van der Waals surface area contributed by atoms with Gasteiger partial charge in [-0.15, -0.1) is 0 Å². The van der Waals surface area contributed by atoms with E-state index in [1.165, 1.54) is 0 Å². The number of likely N-dealkylation sites (tertiary alicyclic amines) is 1. The van der Waals surface area contributed by atoms with Crippen molar-refractivity contribution in [3.8, 4) is 5.75 Å². The van der Waals surface area contributed by atoms with Gasteiger partial charge in [-0.3, -0.25) is 9.59 Å². The van der Waals surface area contributed by atoms with E-state index in [9.17, 15) is 9.59 Å². The van der Waals surface area contributed by atoms with Crippen LogP contribution in [0.4, 0.5) is 5.82 Å². The van der Waals surface area contributed by atoms with E-state index in [4.69, 9.17) is 9.72 Å². The number of amides is 2. The van der Waals surface area contributed by atoms with Crippen molar-refractivity contribution >= 4 is 17.6 Å². The van der Waals surface area contributed by atoms with Crippen LogP contribution in [0, 0.1) is 0 Å². The molecule has 31 heavy (non-hydrogen) atoms. The number of ether oxygens (including phenoxy) is 1. The third-order valence-electron chi connectivity index (χ3n) is 5.35. The molecule has 0 radical (unpaired) electrons. The van der Waals surface area contributed by atoms with Crippen LogP contribution in [-0.2, 0) is 16.1 Å². The molecule has 2 heterocycles. The summed E-state index contributed by atoms with van der Waals surface area (Å²) in [5.41, 5.74) is 0.839. The van der Waals surface area contributed by atoms with Crippen LogP contribution in [0.2, 0.25) is 0 Å². The Balaban J connectivity index is 1.71. The summed E-state index contributed by atoms with van der Waals surface area (Å²) in [5.74, 6) is 1.98. The quantitative estimate of drug-likeness (QED) is 0.646. The van der Waals surface area contributed by atoms with Crippen LogP contribution in [0.5, 0.6) is 5.75 Å². The van der Waals surface area contributed by atoms with Gasteiger partial charge in [0.1, 0.15) is 17.4 Å². The Hall–Kier alpha value is -3.16. The number of aromatic nitrogens is 2. The molecular weight excluding hydrogens is 394 g/mol. The Labute approximate surface area is 183 Å². The van der Waals surface area contributed by atoms with Crippen molar-refractivity contribution < 1.29 is 14.3 Å². The third kappa shape index (κ3) is 5.71. The van der Waals surface area contributed by atoms with Gasteiger partial charge in [0.15, 0.2) is 6.61 Å². The van der Waals surface area contributed by atoms with Crippen LogP contribution < -0.4 is 9.64 Å². The van der Waals surface area contributed by atoms with Crippen molar-refractivity contribution in [2.24, 2.45) is 0 Å². The highest BCUT2D eigenvalue weighted by atomic mass is 16.5. The second-order valence-corrected chi connectivity index (χ2v) is 8.35. The minimum absolute atomic E-state index is 0.0257. The summed E-state index contributed by atoms with van der Waals surface area (Å²) < 4.78 is 5.56. The molecular formula is C23H31N5O3. The molecule has 3 rings (SSSR count). The summed E-state index contributed by atoms with van der Waals surface area (Å²) in [7, 11) is 5.54. The number of hydrogen-bond donors (Lipinski definition) is 0. The van der Waals surface area contributed by atoms with Crippen molar-refractivity contribution in [3.63, 3.8) is 0 Å². The normalized spacial score (nSPS) is 16.0. The maximum Gasteiger partial charge on any atom is 0.260 e. The number of likely N-dealkylation sites (N-methyl/N-ethyl adjacent to an activating group) is 1. The largest absolute Gasteiger partial charge is 0.484 e. The molecule has 8 heteroatoms. The van der Waals surface area contributed by atoms with Gasteiger partial charge in [0.2, 0.25) is 5.91 Å². The number of carbonyl (C=O) groups excluding carboxylic acids is 2. The molecule has 166 valence electrons. The lowest BCUT2D eigenvalue weighted by Gasteiger charge is -2.22. The Morgan fingerprint density at radius 2 is 1.90 bits per heavy atom. The van der Waals surface area contributed by atoms with Crippen molar-refractivity contribution in [1.29, 1.82) is 0 Å². The summed E-state index contributed by atoms with van der Waals surface area (Å²) in [4.78, 5) is 39.6. The Morgan fingerprint density at radius 3 is 2.52 bits per heavy atom. The molecule has 1 aliphatic rings. The number of carbonyl (C=O) groups is 2. The first-order valence-electron chi connectivity index (χ1n) is 10.5. The molecule has 1 atom stereocenters. The van der Waals surface area contributed by atoms with Gasteiger partial charge in [0.05, 0.1) is 12.2 Å². The summed E-state index contributed by atoms with van der Waals surface area (Å²) >= 11 is 0. The zero-order chi connectivity index (χ0) is 22.5. The van der Waals surface area contributed by atoms with Crippen LogP contribution in [0.3, 0.4) is 0 Å². The molecule has 0 aliphatic carbocycles. The topological polar surface area (TPSA) is 78.9 Å². The smallest absolute Gasteiger partial charge is 0.260 e. The lowest BCUT2D eigenvalue weighted by molar-refractivity contribution is -0.132. The molecule has 0 saturated carbocycles. The van der Waals surface area contributed by atoms with E-state index in [0.717, 1.165) is 11.5 Å². The van der Waals surface area contributed by atoms with Gasteiger partial charge in [-0.25, -0.2) is 9.97 Å². The predicted octanol–water partition coefficient (Wildman–Crippen LogP) is 2.30. The summed E-state index contributed by atoms with van der Waals surface area (Å²) in [6.45, 7) is 4.91. The zero-order valence-corrected chi connectivity index (χ0v) is 18.9. The van der Waals surface area contributed by atoms with Gasteiger partial charge in [-0.1, -0.05) is 18.2 Å². The fraction of sp³-hybridized carbons (Fsp3) is 0.478. The van der Waals surface area contributed by atoms with Crippen molar-refractivity contribution in [3.05, 3.63) is 47.9 Å². The molecule has 8 nitrogen and oxygen atoms in total. The molecule has 1 saturated heterocycles. The lowest BCUT2D eigenvalue weighted by Crippen LogP contribution is -2.32. The second kappa shape index (κ2) is 9.76. The Bertz CT molecular complexity index is 917. The SMILES string of the molecule is CC(C)N1C[C@H](c2cc(N(C)C)nc(CN(C)C(=O)COc3ccccc3)n2)CC1=O. The fourth-order valence-electron chi connectivity index (χ4n) is 3.51. The van der Waals surface area contributed by atoms with Gasteiger partial charge in [0, 0.05) is 52.1 Å². The van der Waals surface area contributed by atoms with Gasteiger partial charge < -0.3 is 19.4 Å². The van der Waals surface area contributed by atoms with Crippen molar-refractivity contribution in [2.75, 3.05) is 39.2 Å².